The van der Waals surface area contributed by atoms with Gasteiger partial charge in [-0.05, 0) is 25.2 Å². The zero-order valence-corrected chi connectivity index (χ0v) is 13.0. The minimum atomic E-state index is 0.568. The van der Waals surface area contributed by atoms with E-state index in [1.165, 1.54) is 6.42 Å². The molecule has 0 aliphatic carbocycles. The lowest BCUT2D eigenvalue weighted by atomic mass is 9.92. The molecule has 0 amide bonds. The molecule has 2 unspecified atom stereocenters. The number of hydrogen-bond donors (Lipinski definition) is 1. The van der Waals surface area contributed by atoms with Crippen LogP contribution in [0.1, 0.15) is 33.0 Å². The van der Waals surface area contributed by atoms with Crippen molar-refractivity contribution in [2.75, 3.05) is 19.6 Å². The molecule has 0 bridgehead atoms. The molecule has 1 aliphatic rings. The Morgan fingerprint density at radius 2 is 2.10 bits per heavy atom. The van der Waals surface area contributed by atoms with Gasteiger partial charge in [0.25, 0.3) is 0 Å². The Balaban J connectivity index is 2.07. The molecule has 2 atom stereocenters. The molecule has 1 aromatic rings. The lowest BCUT2D eigenvalue weighted by molar-refractivity contribution is 0.208. The SMILES string of the molecule is CCNC(=NCc1ncnn1C)N1CC(C)CC(C)C1. The molecule has 6 nitrogen and oxygen atoms in total. The lowest BCUT2D eigenvalue weighted by Gasteiger charge is -2.37. The molecule has 1 aromatic heterocycles. The van der Waals surface area contributed by atoms with Crippen molar-refractivity contribution in [1.82, 2.24) is 25.0 Å². The smallest absolute Gasteiger partial charge is 0.194 e. The van der Waals surface area contributed by atoms with E-state index in [1.54, 1.807) is 11.0 Å². The van der Waals surface area contributed by atoms with E-state index in [0.717, 1.165) is 43.3 Å². The van der Waals surface area contributed by atoms with E-state index in [1.807, 2.05) is 7.05 Å². The summed E-state index contributed by atoms with van der Waals surface area (Å²) in [4.78, 5) is 11.3. The highest BCUT2D eigenvalue weighted by atomic mass is 15.3. The van der Waals surface area contributed by atoms with Crippen LogP contribution in [0.25, 0.3) is 0 Å². The van der Waals surface area contributed by atoms with Crippen LogP contribution in [-0.4, -0.2) is 45.3 Å². The molecule has 1 aliphatic heterocycles. The molecule has 2 heterocycles. The summed E-state index contributed by atoms with van der Waals surface area (Å²) in [6.45, 7) is 10.3. The maximum Gasteiger partial charge on any atom is 0.194 e. The number of guanidine groups is 1. The Labute approximate surface area is 121 Å². The van der Waals surface area contributed by atoms with Crippen LogP contribution in [0.4, 0.5) is 0 Å². The van der Waals surface area contributed by atoms with Crippen molar-refractivity contribution in [2.45, 2.75) is 33.7 Å². The van der Waals surface area contributed by atoms with Gasteiger partial charge in [0.15, 0.2) is 5.96 Å². The van der Waals surface area contributed by atoms with E-state index < -0.39 is 0 Å². The molecule has 112 valence electrons. The second-order valence-electron chi connectivity index (χ2n) is 5.82. The van der Waals surface area contributed by atoms with Crippen LogP contribution in [0, 0.1) is 11.8 Å². The molecule has 0 radical (unpaired) electrons. The lowest BCUT2D eigenvalue weighted by Crippen LogP contribution is -2.48. The van der Waals surface area contributed by atoms with E-state index in [-0.39, 0.29) is 0 Å². The summed E-state index contributed by atoms with van der Waals surface area (Å²) in [6.07, 6.45) is 2.88. The normalized spacial score (nSPS) is 24.0. The van der Waals surface area contributed by atoms with Gasteiger partial charge in [-0.1, -0.05) is 13.8 Å². The first-order valence-electron chi connectivity index (χ1n) is 7.46. The monoisotopic (exact) mass is 278 g/mol. The molecular formula is C14H26N6. The van der Waals surface area contributed by atoms with Gasteiger partial charge in [0.2, 0.25) is 0 Å². The predicted molar refractivity (Wildman–Crippen MR) is 80.3 cm³/mol. The molecule has 1 saturated heterocycles. The average Bonchev–Trinajstić information content (AvgIpc) is 2.79. The number of nitrogens with one attached hydrogen (secondary N) is 1. The first-order chi connectivity index (χ1) is 9.60. The van der Waals surface area contributed by atoms with Crippen molar-refractivity contribution in [3.05, 3.63) is 12.2 Å². The highest BCUT2D eigenvalue weighted by molar-refractivity contribution is 5.80. The Morgan fingerprint density at radius 3 is 2.65 bits per heavy atom. The Kier molecular flexibility index (Phi) is 4.98. The topological polar surface area (TPSA) is 58.3 Å². The highest BCUT2D eigenvalue weighted by Crippen LogP contribution is 2.20. The van der Waals surface area contributed by atoms with Crippen LogP contribution in [0.2, 0.25) is 0 Å². The van der Waals surface area contributed by atoms with E-state index in [9.17, 15) is 0 Å². The molecule has 0 saturated carbocycles. The standard InChI is InChI=1S/C14H26N6/c1-5-15-14(16-7-13-17-10-18-19(13)4)20-8-11(2)6-12(3)9-20/h10-12H,5-9H2,1-4H3,(H,15,16). The van der Waals surface area contributed by atoms with Gasteiger partial charge in [-0.15, -0.1) is 0 Å². The minimum Gasteiger partial charge on any atom is -0.357 e. The number of aryl methyl sites for hydroxylation is 1. The number of aromatic nitrogens is 3. The van der Waals surface area contributed by atoms with Gasteiger partial charge in [0, 0.05) is 26.7 Å². The van der Waals surface area contributed by atoms with Crippen molar-refractivity contribution in [1.29, 1.82) is 0 Å². The maximum atomic E-state index is 4.72. The average molecular weight is 278 g/mol. The van der Waals surface area contributed by atoms with Gasteiger partial charge in [-0.2, -0.15) is 5.10 Å². The van der Waals surface area contributed by atoms with E-state index >= 15 is 0 Å². The number of nitrogens with zero attached hydrogens (tertiary/aromatic N) is 5. The first-order valence-corrected chi connectivity index (χ1v) is 7.46. The van der Waals surface area contributed by atoms with E-state index in [2.05, 4.69) is 41.1 Å². The molecular weight excluding hydrogens is 252 g/mol. The largest absolute Gasteiger partial charge is 0.357 e. The summed E-state index contributed by atoms with van der Waals surface area (Å²) in [5.41, 5.74) is 0. The molecule has 0 spiro atoms. The Hall–Kier alpha value is -1.59. The number of rotatable bonds is 3. The molecule has 20 heavy (non-hydrogen) atoms. The van der Waals surface area contributed by atoms with Crippen LogP contribution < -0.4 is 5.32 Å². The predicted octanol–water partition coefficient (Wildman–Crippen LogP) is 1.26. The molecule has 2 rings (SSSR count). The Bertz CT molecular complexity index is 442. The second kappa shape index (κ2) is 6.72. The third-order valence-electron chi connectivity index (χ3n) is 3.68. The number of piperidine rings is 1. The third kappa shape index (κ3) is 3.71. The van der Waals surface area contributed by atoms with Gasteiger partial charge in [-0.25, -0.2) is 9.98 Å². The summed E-state index contributed by atoms with van der Waals surface area (Å²) in [5.74, 6) is 3.32. The maximum absolute atomic E-state index is 4.72. The van der Waals surface area contributed by atoms with Crippen LogP contribution >= 0.6 is 0 Å². The number of hydrogen-bond acceptors (Lipinski definition) is 3. The molecule has 1 fully saturated rings. The second-order valence-corrected chi connectivity index (χ2v) is 5.82. The fraction of sp³-hybridized carbons (Fsp3) is 0.786. The Morgan fingerprint density at radius 1 is 1.40 bits per heavy atom. The summed E-state index contributed by atoms with van der Waals surface area (Å²) in [5, 5.41) is 7.47. The molecule has 6 heteroatoms. The van der Waals surface area contributed by atoms with Crippen molar-refractivity contribution in [3.8, 4) is 0 Å². The fourth-order valence-corrected chi connectivity index (χ4v) is 2.87. The molecule has 1 N–H and O–H groups in total. The zero-order valence-electron chi connectivity index (χ0n) is 13.0. The van der Waals surface area contributed by atoms with Gasteiger partial charge in [-0.3, -0.25) is 4.68 Å². The zero-order chi connectivity index (χ0) is 14.5. The van der Waals surface area contributed by atoms with Crippen LogP contribution in [0.3, 0.4) is 0 Å². The van der Waals surface area contributed by atoms with Gasteiger partial charge in [0.1, 0.15) is 18.7 Å². The van der Waals surface area contributed by atoms with Crippen LogP contribution in [-0.2, 0) is 13.6 Å². The van der Waals surface area contributed by atoms with Crippen molar-refractivity contribution >= 4 is 5.96 Å². The highest BCUT2D eigenvalue weighted by Gasteiger charge is 2.23. The third-order valence-corrected chi connectivity index (χ3v) is 3.68. The van der Waals surface area contributed by atoms with Crippen molar-refractivity contribution in [3.63, 3.8) is 0 Å². The van der Waals surface area contributed by atoms with Gasteiger partial charge >= 0.3 is 0 Å². The van der Waals surface area contributed by atoms with Gasteiger partial charge in [0.05, 0.1) is 0 Å². The summed E-state index contributed by atoms with van der Waals surface area (Å²) in [7, 11) is 1.90. The molecule has 0 aromatic carbocycles. The number of aliphatic imine (C=N–C) groups is 1. The summed E-state index contributed by atoms with van der Waals surface area (Å²) < 4.78 is 1.77. The van der Waals surface area contributed by atoms with Gasteiger partial charge < -0.3 is 10.2 Å². The summed E-state index contributed by atoms with van der Waals surface area (Å²) in [6, 6.07) is 0. The van der Waals surface area contributed by atoms with Crippen LogP contribution in [0.15, 0.2) is 11.3 Å². The first kappa shape index (κ1) is 14.8. The fourth-order valence-electron chi connectivity index (χ4n) is 2.87. The van der Waals surface area contributed by atoms with Crippen molar-refractivity contribution < 1.29 is 0 Å². The summed E-state index contributed by atoms with van der Waals surface area (Å²) >= 11 is 0. The quantitative estimate of drug-likeness (QED) is 0.668. The van der Waals surface area contributed by atoms with Crippen LogP contribution in [0.5, 0.6) is 0 Å². The minimum absolute atomic E-state index is 0.568. The van der Waals surface area contributed by atoms with E-state index in [0.29, 0.717) is 6.54 Å². The van der Waals surface area contributed by atoms with Crippen molar-refractivity contribution in [2.24, 2.45) is 23.9 Å². The number of likely N-dealkylation sites (tertiary alicyclic amines) is 1. The van der Waals surface area contributed by atoms with E-state index in [4.69, 9.17) is 4.99 Å².